The van der Waals surface area contributed by atoms with Crippen molar-refractivity contribution in [1.82, 2.24) is 10.1 Å². The van der Waals surface area contributed by atoms with Crippen LogP contribution in [0.1, 0.15) is 21.8 Å². The van der Waals surface area contributed by atoms with Crippen molar-refractivity contribution in [2.24, 2.45) is 5.73 Å². The van der Waals surface area contributed by atoms with Gasteiger partial charge in [-0.15, -0.1) is 0 Å². The van der Waals surface area contributed by atoms with Gasteiger partial charge in [-0.05, 0) is 24.6 Å². The Morgan fingerprint density at radius 2 is 1.95 bits per heavy atom. The maximum atomic E-state index is 12.3. The van der Waals surface area contributed by atoms with Crippen molar-refractivity contribution in [3.05, 3.63) is 47.3 Å². The minimum atomic E-state index is -0.602. The average Bonchev–Trinajstić information content (AvgIpc) is 2.86. The number of aryl methyl sites for hydroxylation is 1. The van der Waals surface area contributed by atoms with Gasteiger partial charge in [-0.1, -0.05) is 17.3 Å². The van der Waals surface area contributed by atoms with E-state index in [4.69, 9.17) is 16.0 Å². The summed E-state index contributed by atoms with van der Waals surface area (Å²) >= 11 is 0. The Morgan fingerprint density at radius 1 is 1.29 bits per heavy atom. The maximum absolute atomic E-state index is 12.3. The van der Waals surface area contributed by atoms with Gasteiger partial charge in [-0.2, -0.15) is 0 Å². The first-order valence-corrected chi connectivity index (χ1v) is 6.31. The van der Waals surface area contributed by atoms with Crippen LogP contribution in [0.25, 0.3) is 0 Å². The van der Waals surface area contributed by atoms with E-state index in [9.17, 15) is 9.59 Å². The number of carbonyl (C=O) groups excluding carboxylic acids is 2. The lowest BCUT2D eigenvalue weighted by atomic mass is 10.2. The highest BCUT2D eigenvalue weighted by atomic mass is 16.5. The van der Waals surface area contributed by atoms with Gasteiger partial charge in [-0.25, -0.2) is 0 Å². The van der Waals surface area contributed by atoms with Gasteiger partial charge in [0.25, 0.3) is 5.91 Å². The molecule has 0 unspecified atom stereocenters. The van der Waals surface area contributed by atoms with Gasteiger partial charge in [0.05, 0.1) is 5.69 Å². The van der Waals surface area contributed by atoms with Crippen LogP contribution in [0, 0.1) is 6.92 Å². The monoisotopic (exact) mass is 288 g/mol. The molecule has 0 saturated heterocycles. The van der Waals surface area contributed by atoms with E-state index in [1.807, 2.05) is 0 Å². The summed E-state index contributed by atoms with van der Waals surface area (Å²) in [4.78, 5) is 24.8. The molecule has 0 atom stereocenters. The van der Waals surface area contributed by atoms with Gasteiger partial charge in [0.2, 0.25) is 11.7 Å². The highest BCUT2D eigenvalue weighted by Gasteiger charge is 2.21. The van der Waals surface area contributed by atoms with E-state index in [1.54, 1.807) is 31.2 Å². The minimum absolute atomic E-state index is 0.0733. The van der Waals surface area contributed by atoms with Gasteiger partial charge in [0.1, 0.15) is 6.54 Å². The summed E-state index contributed by atoms with van der Waals surface area (Å²) < 4.78 is 4.93. The normalized spacial score (nSPS) is 10.3. The molecule has 21 heavy (non-hydrogen) atoms. The molecule has 0 aliphatic rings. The summed E-state index contributed by atoms with van der Waals surface area (Å²) in [6.07, 6.45) is 0. The highest BCUT2D eigenvalue weighted by Crippen LogP contribution is 2.12. The molecule has 0 aliphatic heterocycles. The molecule has 1 aromatic carbocycles. The topological polar surface area (TPSA) is 115 Å². The van der Waals surface area contributed by atoms with Crippen LogP contribution in [0.5, 0.6) is 0 Å². The molecule has 1 aromatic heterocycles. The van der Waals surface area contributed by atoms with E-state index >= 15 is 0 Å². The molecule has 0 spiro atoms. The molecular formula is C14H16N4O3. The lowest BCUT2D eigenvalue weighted by Gasteiger charge is -2.19. The number of hydrogen-bond donors (Lipinski definition) is 2. The number of primary amides is 1. The van der Waals surface area contributed by atoms with E-state index in [0.717, 1.165) is 5.56 Å². The third-order valence-electron chi connectivity index (χ3n) is 2.83. The van der Waals surface area contributed by atoms with Crippen LogP contribution in [0.4, 0.5) is 5.69 Å². The van der Waals surface area contributed by atoms with Gasteiger partial charge < -0.3 is 20.9 Å². The smallest absolute Gasteiger partial charge is 0.293 e. The van der Waals surface area contributed by atoms with E-state index < -0.39 is 11.8 Å². The molecule has 0 bridgehead atoms. The maximum Gasteiger partial charge on any atom is 0.293 e. The first kappa shape index (κ1) is 14.6. The van der Waals surface area contributed by atoms with Gasteiger partial charge in [0, 0.05) is 18.3 Å². The van der Waals surface area contributed by atoms with Gasteiger partial charge in [0.15, 0.2) is 0 Å². The molecule has 2 aromatic rings. The van der Waals surface area contributed by atoms with Crippen molar-refractivity contribution in [1.29, 1.82) is 0 Å². The van der Waals surface area contributed by atoms with Crippen molar-refractivity contribution in [2.45, 2.75) is 13.5 Å². The molecular weight excluding hydrogens is 272 g/mol. The summed E-state index contributed by atoms with van der Waals surface area (Å²) in [5, 5.41) is 3.66. The Hall–Kier alpha value is -2.83. The zero-order valence-corrected chi connectivity index (χ0v) is 11.6. The first-order chi connectivity index (χ1) is 9.95. The van der Waals surface area contributed by atoms with Crippen molar-refractivity contribution in [2.75, 3.05) is 12.3 Å². The fourth-order valence-electron chi connectivity index (χ4n) is 1.85. The summed E-state index contributed by atoms with van der Waals surface area (Å²) in [6, 6.07) is 8.52. The Bertz CT molecular complexity index is 648. The number of rotatable bonds is 5. The number of benzene rings is 1. The Labute approximate surface area is 121 Å². The molecule has 7 nitrogen and oxygen atoms in total. The average molecular weight is 288 g/mol. The minimum Gasteiger partial charge on any atom is -0.399 e. The Morgan fingerprint density at radius 3 is 2.48 bits per heavy atom. The summed E-state index contributed by atoms with van der Waals surface area (Å²) in [7, 11) is 0. The molecule has 1 heterocycles. The SMILES string of the molecule is Cc1cc(C(=O)N(CC(N)=O)Cc2ccc(N)cc2)on1. The van der Waals surface area contributed by atoms with Crippen LogP contribution in [-0.4, -0.2) is 28.4 Å². The van der Waals surface area contributed by atoms with E-state index in [2.05, 4.69) is 5.16 Å². The molecule has 0 radical (unpaired) electrons. The summed E-state index contributed by atoms with van der Waals surface area (Å²) in [5.41, 5.74) is 12.8. The number of amides is 2. The number of nitrogen functional groups attached to an aromatic ring is 1. The standard InChI is InChI=1S/C14H16N4O3/c1-9-6-12(21-17-9)14(20)18(8-13(16)19)7-10-2-4-11(15)5-3-10/h2-6H,7-8,15H2,1H3,(H2,16,19). The quantitative estimate of drug-likeness (QED) is 0.785. The fourth-order valence-corrected chi connectivity index (χ4v) is 1.85. The highest BCUT2D eigenvalue weighted by molar-refractivity contribution is 5.94. The molecule has 7 heteroatoms. The molecule has 0 aliphatic carbocycles. The zero-order valence-electron chi connectivity index (χ0n) is 11.6. The third-order valence-corrected chi connectivity index (χ3v) is 2.83. The molecule has 110 valence electrons. The zero-order chi connectivity index (χ0) is 15.4. The van der Waals surface area contributed by atoms with E-state index in [-0.39, 0.29) is 18.8 Å². The van der Waals surface area contributed by atoms with Crippen LogP contribution in [0.15, 0.2) is 34.9 Å². The molecule has 2 amide bonds. The van der Waals surface area contributed by atoms with Gasteiger partial charge in [-0.3, -0.25) is 9.59 Å². The van der Waals surface area contributed by atoms with Crippen molar-refractivity contribution >= 4 is 17.5 Å². The van der Waals surface area contributed by atoms with E-state index in [0.29, 0.717) is 11.4 Å². The number of aromatic nitrogens is 1. The lowest BCUT2D eigenvalue weighted by Crippen LogP contribution is -2.37. The molecule has 2 rings (SSSR count). The molecule has 0 fully saturated rings. The lowest BCUT2D eigenvalue weighted by molar-refractivity contribution is -0.118. The second-order valence-corrected chi connectivity index (χ2v) is 4.70. The van der Waals surface area contributed by atoms with Crippen LogP contribution >= 0.6 is 0 Å². The van der Waals surface area contributed by atoms with Crippen LogP contribution < -0.4 is 11.5 Å². The molecule has 0 saturated carbocycles. The fraction of sp³-hybridized carbons (Fsp3) is 0.214. The number of hydrogen-bond acceptors (Lipinski definition) is 5. The van der Waals surface area contributed by atoms with Gasteiger partial charge >= 0.3 is 0 Å². The Kier molecular flexibility index (Phi) is 4.22. The second-order valence-electron chi connectivity index (χ2n) is 4.70. The second kappa shape index (κ2) is 6.08. The number of carbonyl (C=O) groups is 2. The van der Waals surface area contributed by atoms with Crippen molar-refractivity contribution in [3.8, 4) is 0 Å². The number of anilines is 1. The molecule has 4 N–H and O–H groups in total. The van der Waals surface area contributed by atoms with Crippen molar-refractivity contribution in [3.63, 3.8) is 0 Å². The Balaban J connectivity index is 2.19. The number of nitrogens with two attached hydrogens (primary N) is 2. The van der Waals surface area contributed by atoms with Crippen LogP contribution in [-0.2, 0) is 11.3 Å². The predicted octanol–water partition coefficient (Wildman–Crippen LogP) is 0.693. The van der Waals surface area contributed by atoms with Crippen molar-refractivity contribution < 1.29 is 14.1 Å². The third kappa shape index (κ3) is 3.82. The summed E-state index contributed by atoms with van der Waals surface area (Å²) in [5.74, 6) is -0.967. The number of nitrogens with zero attached hydrogens (tertiary/aromatic N) is 2. The predicted molar refractivity (Wildman–Crippen MR) is 76.0 cm³/mol. The van der Waals surface area contributed by atoms with Crippen LogP contribution in [0.2, 0.25) is 0 Å². The van der Waals surface area contributed by atoms with Crippen LogP contribution in [0.3, 0.4) is 0 Å². The largest absolute Gasteiger partial charge is 0.399 e. The summed E-state index contributed by atoms with van der Waals surface area (Å²) in [6.45, 7) is 1.73. The first-order valence-electron chi connectivity index (χ1n) is 6.31. The van der Waals surface area contributed by atoms with E-state index in [1.165, 1.54) is 11.0 Å².